The molecule has 0 bridgehead atoms. The average Bonchev–Trinajstić information content (AvgIpc) is 3.49. The summed E-state index contributed by atoms with van der Waals surface area (Å²) in [4.78, 5) is 35.6. The summed E-state index contributed by atoms with van der Waals surface area (Å²) in [5.74, 6) is -0.487. The average molecular weight is 389 g/mol. The van der Waals surface area contributed by atoms with E-state index in [-0.39, 0.29) is 17.6 Å². The van der Waals surface area contributed by atoms with Crippen LogP contribution in [0.2, 0.25) is 0 Å². The molecule has 0 saturated carbocycles. The molecule has 0 spiro atoms. The molecule has 1 heterocycles. The second kappa shape index (κ2) is 7.16. The van der Waals surface area contributed by atoms with Gasteiger partial charge < -0.3 is 4.90 Å². The van der Waals surface area contributed by atoms with Crippen molar-refractivity contribution in [2.45, 2.75) is 12.1 Å². The lowest BCUT2D eigenvalue weighted by molar-refractivity contribution is -0.394. The Balaban J connectivity index is 1.75. The maximum absolute atomic E-state index is 13.2. The highest BCUT2D eigenvalue weighted by molar-refractivity contribution is 5.98. The molecule has 1 saturated heterocycles. The van der Waals surface area contributed by atoms with Crippen molar-refractivity contribution >= 4 is 17.3 Å². The van der Waals surface area contributed by atoms with Gasteiger partial charge in [-0.1, -0.05) is 60.7 Å². The molecule has 3 aromatic rings. The molecule has 29 heavy (non-hydrogen) atoms. The Bertz CT molecular complexity index is 1020. The van der Waals surface area contributed by atoms with Crippen molar-refractivity contribution in [2.24, 2.45) is 0 Å². The minimum absolute atomic E-state index is 0.0785. The van der Waals surface area contributed by atoms with Crippen LogP contribution in [0, 0.1) is 20.2 Å². The standard InChI is InChI=1S/C21H15N3O5/c25-21(16-11-17(23(26)27)13-18(12-16)24(28)29)22-19(14-7-3-1-4-8-14)20(22)15-9-5-2-6-10-15/h1-13,19-20H/t19-,20+,22?. The molecule has 2 atom stereocenters. The van der Waals surface area contributed by atoms with Crippen LogP contribution in [-0.4, -0.2) is 20.7 Å². The summed E-state index contributed by atoms with van der Waals surface area (Å²) in [6, 6.07) is 21.4. The summed E-state index contributed by atoms with van der Waals surface area (Å²) in [5, 5.41) is 22.3. The van der Waals surface area contributed by atoms with Crippen LogP contribution < -0.4 is 0 Å². The third kappa shape index (κ3) is 3.43. The Morgan fingerprint density at radius 3 is 1.52 bits per heavy atom. The van der Waals surface area contributed by atoms with Crippen LogP contribution in [0.3, 0.4) is 0 Å². The van der Waals surface area contributed by atoms with Crippen LogP contribution in [0.15, 0.2) is 78.9 Å². The van der Waals surface area contributed by atoms with E-state index >= 15 is 0 Å². The molecule has 8 heteroatoms. The lowest BCUT2D eigenvalue weighted by atomic mass is 10.0. The number of benzene rings is 3. The minimum atomic E-state index is -0.741. The van der Waals surface area contributed by atoms with Gasteiger partial charge in [-0.05, 0) is 11.1 Å². The fraction of sp³-hybridized carbons (Fsp3) is 0.0952. The first-order valence-electron chi connectivity index (χ1n) is 8.84. The van der Waals surface area contributed by atoms with Gasteiger partial charge in [0.2, 0.25) is 0 Å². The van der Waals surface area contributed by atoms with Gasteiger partial charge in [0.25, 0.3) is 17.3 Å². The number of hydrogen-bond acceptors (Lipinski definition) is 5. The maximum Gasteiger partial charge on any atom is 0.277 e. The summed E-state index contributed by atoms with van der Waals surface area (Å²) in [6.45, 7) is 0. The van der Waals surface area contributed by atoms with E-state index in [0.29, 0.717) is 0 Å². The summed E-state index contributed by atoms with van der Waals surface area (Å²) in [7, 11) is 0. The second-order valence-corrected chi connectivity index (χ2v) is 6.68. The molecule has 8 nitrogen and oxygen atoms in total. The molecule has 1 fully saturated rings. The summed E-state index contributed by atoms with van der Waals surface area (Å²) < 4.78 is 0. The molecule has 3 aromatic carbocycles. The predicted molar refractivity (Wildman–Crippen MR) is 104 cm³/mol. The van der Waals surface area contributed by atoms with Crippen molar-refractivity contribution in [1.82, 2.24) is 4.90 Å². The number of nitro benzene ring substituents is 2. The summed E-state index contributed by atoms with van der Waals surface area (Å²) in [6.07, 6.45) is 0. The van der Waals surface area contributed by atoms with E-state index in [1.807, 2.05) is 60.7 Å². The van der Waals surface area contributed by atoms with Gasteiger partial charge in [0, 0.05) is 12.1 Å². The molecule has 0 aliphatic carbocycles. The Morgan fingerprint density at radius 2 is 1.14 bits per heavy atom. The fourth-order valence-electron chi connectivity index (χ4n) is 3.55. The van der Waals surface area contributed by atoms with Crippen LogP contribution >= 0.6 is 0 Å². The first kappa shape index (κ1) is 18.3. The smallest absolute Gasteiger partial charge is 0.277 e. The number of carbonyl (C=O) groups excluding carboxylic acids is 1. The molecule has 1 aliphatic rings. The Kier molecular flexibility index (Phi) is 4.52. The Hall–Kier alpha value is -4.07. The van der Waals surface area contributed by atoms with Crippen molar-refractivity contribution in [3.63, 3.8) is 0 Å². The maximum atomic E-state index is 13.2. The summed E-state index contributed by atoms with van der Waals surface area (Å²) >= 11 is 0. The van der Waals surface area contributed by atoms with Crippen LogP contribution in [0.5, 0.6) is 0 Å². The monoisotopic (exact) mass is 389 g/mol. The van der Waals surface area contributed by atoms with Gasteiger partial charge in [-0.3, -0.25) is 25.0 Å². The number of carbonyl (C=O) groups is 1. The minimum Gasteiger partial charge on any atom is -0.320 e. The lowest BCUT2D eigenvalue weighted by Crippen LogP contribution is -2.13. The van der Waals surface area contributed by atoms with Crippen LogP contribution in [-0.2, 0) is 0 Å². The van der Waals surface area contributed by atoms with E-state index < -0.39 is 27.1 Å². The van der Waals surface area contributed by atoms with Gasteiger partial charge in [-0.25, -0.2) is 0 Å². The van der Waals surface area contributed by atoms with Crippen molar-refractivity contribution in [3.8, 4) is 0 Å². The van der Waals surface area contributed by atoms with Gasteiger partial charge in [0.05, 0.1) is 33.6 Å². The Labute approximate surface area is 165 Å². The van der Waals surface area contributed by atoms with E-state index in [1.165, 1.54) is 0 Å². The van der Waals surface area contributed by atoms with Crippen molar-refractivity contribution < 1.29 is 14.6 Å². The molecule has 0 aromatic heterocycles. The highest BCUT2D eigenvalue weighted by atomic mass is 16.6. The third-order valence-electron chi connectivity index (χ3n) is 4.90. The molecule has 0 unspecified atom stereocenters. The lowest BCUT2D eigenvalue weighted by Gasteiger charge is -2.06. The Morgan fingerprint density at radius 1 is 0.724 bits per heavy atom. The molecule has 4 rings (SSSR count). The SMILES string of the molecule is O=C(c1cc([N+](=O)[O-])cc([N+](=O)[O-])c1)N1[C@H](c2ccccc2)[C@@H]1c1ccccc1. The van der Waals surface area contributed by atoms with Gasteiger partial charge in [-0.2, -0.15) is 0 Å². The van der Waals surface area contributed by atoms with Crippen molar-refractivity contribution in [1.29, 1.82) is 0 Å². The zero-order valence-corrected chi connectivity index (χ0v) is 15.0. The number of nitro groups is 2. The van der Waals surface area contributed by atoms with Gasteiger partial charge in [0.1, 0.15) is 0 Å². The number of hydrogen-bond donors (Lipinski definition) is 0. The molecule has 1 aliphatic heterocycles. The predicted octanol–water partition coefficient (Wildman–Crippen LogP) is 4.44. The van der Waals surface area contributed by atoms with Crippen molar-refractivity contribution in [2.75, 3.05) is 0 Å². The van der Waals surface area contributed by atoms with Crippen LogP contribution in [0.1, 0.15) is 33.6 Å². The molecular weight excluding hydrogens is 374 g/mol. The van der Waals surface area contributed by atoms with E-state index in [0.717, 1.165) is 29.3 Å². The molecule has 0 N–H and O–H groups in total. The van der Waals surface area contributed by atoms with E-state index in [9.17, 15) is 25.0 Å². The molecule has 1 amide bonds. The first-order valence-corrected chi connectivity index (χ1v) is 8.84. The van der Waals surface area contributed by atoms with Crippen LogP contribution in [0.4, 0.5) is 11.4 Å². The zero-order chi connectivity index (χ0) is 20.5. The normalized spacial score (nSPS) is 17.6. The molecule has 0 radical (unpaired) electrons. The van der Waals surface area contributed by atoms with E-state index in [2.05, 4.69) is 0 Å². The first-order chi connectivity index (χ1) is 14.0. The van der Waals surface area contributed by atoms with Crippen LogP contribution in [0.25, 0.3) is 0 Å². The third-order valence-corrected chi connectivity index (χ3v) is 4.90. The zero-order valence-electron chi connectivity index (χ0n) is 15.0. The highest BCUT2D eigenvalue weighted by Gasteiger charge is 2.52. The van der Waals surface area contributed by atoms with E-state index in [1.54, 1.807) is 4.90 Å². The fourth-order valence-corrected chi connectivity index (χ4v) is 3.55. The van der Waals surface area contributed by atoms with Crippen molar-refractivity contribution in [3.05, 3.63) is 116 Å². The van der Waals surface area contributed by atoms with Gasteiger partial charge in [0.15, 0.2) is 0 Å². The number of amides is 1. The molecular formula is C21H15N3O5. The largest absolute Gasteiger partial charge is 0.320 e. The van der Waals surface area contributed by atoms with E-state index in [4.69, 9.17) is 0 Å². The number of nitrogens with zero attached hydrogens (tertiary/aromatic N) is 3. The topological polar surface area (TPSA) is 106 Å². The number of rotatable bonds is 5. The second-order valence-electron chi connectivity index (χ2n) is 6.68. The number of non-ortho nitro benzene ring substituents is 2. The summed E-state index contributed by atoms with van der Waals surface area (Å²) in [5.41, 5.74) is 0.795. The highest BCUT2D eigenvalue weighted by Crippen LogP contribution is 2.55. The van der Waals surface area contributed by atoms with Gasteiger partial charge in [-0.15, -0.1) is 0 Å². The molecule has 144 valence electrons. The van der Waals surface area contributed by atoms with Gasteiger partial charge >= 0.3 is 0 Å². The quantitative estimate of drug-likeness (QED) is 0.364.